The van der Waals surface area contributed by atoms with Gasteiger partial charge in [0.1, 0.15) is 11.6 Å². The third-order valence-electron chi connectivity index (χ3n) is 3.20. The summed E-state index contributed by atoms with van der Waals surface area (Å²) in [5.74, 6) is 3.21. The molecule has 0 radical (unpaired) electrons. The molecule has 0 bridgehead atoms. The smallest absolute Gasteiger partial charge is 0.143 e. The van der Waals surface area contributed by atoms with E-state index in [0.29, 0.717) is 12.5 Å². The van der Waals surface area contributed by atoms with Crippen LogP contribution in [-0.4, -0.2) is 23.6 Å². The number of aromatic nitrogens is 2. The van der Waals surface area contributed by atoms with Crippen LogP contribution in [-0.2, 0) is 11.3 Å². The van der Waals surface area contributed by atoms with E-state index >= 15 is 0 Å². The number of hydrogen-bond acceptors (Lipinski definition) is 4. The first-order valence-electron chi connectivity index (χ1n) is 6.46. The molecule has 1 N–H and O–H groups in total. The van der Waals surface area contributed by atoms with Crippen molar-refractivity contribution >= 4 is 28.4 Å². The summed E-state index contributed by atoms with van der Waals surface area (Å²) in [7, 11) is 1.71. The molecule has 1 fully saturated rings. The van der Waals surface area contributed by atoms with Crippen molar-refractivity contribution in [1.29, 1.82) is 0 Å². The lowest BCUT2D eigenvalue weighted by Gasteiger charge is -2.12. The van der Waals surface area contributed by atoms with Crippen LogP contribution >= 0.6 is 22.6 Å². The van der Waals surface area contributed by atoms with E-state index in [4.69, 9.17) is 4.74 Å². The highest BCUT2D eigenvalue weighted by Crippen LogP contribution is 2.45. The first-order chi connectivity index (χ1) is 8.67. The molecule has 1 heterocycles. The van der Waals surface area contributed by atoms with Crippen molar-refractivity contribution in [2.24, 2.45) is 5.92 Å². The van der Waals surface area contributed by atoms with Crippen LogP contribution in [0.4, 0.5) is 5.82 Å². The van der Waals surface area contributed by atoms with Crippen molar-refractivity contribution < 1.29 is 4.74 Å². The van der Waals surface area contributed by atoms with E-state index in [0.717, 1.165) is 39.8 Å². The van der Waals surface area contributed by atoms with Gasteiger partial charge in [0.25, 0.3) is 0 Å². The minimum atomic E-state index is 0.541. The van der Waals surface area contributed by atoms with E-state index in [1.807, 2.05) is 0 Å². The van der Waals surface area contributed by atoms with Gasteiger partial charge in [0.15, 0.2) is 0 Å². The highest BCUT2D eigenvalue weighted by molar-refractivity contribution is 14.1. The summed E-state index contributed by atoms with van der Waals surface area (Å²) in [5, 5.41) is 3.39. The van der Waals surface area contributed by atoms with Crippen LogP contribution in [0.1, 0.15) is 44.1 Å². The molecule has 0 spiro atoms. The Hall–Kier alpha value is -0.430. The zero-order valence-electron chi connectivity index (χ0n) is 11.2. The van der Waals surface area contributed by atoms with Crippen molar-refractivity contribution in [3.63, 3.8) is 0 Å². The molecule has 1 aromatic rings. The molecule has 2 atom stereocenters. The lowest BCUT2D eigenvalue weighted by molar-refractivity contribution is 0.180. The molecule has 18 heavy (non-hydrogen) atoms. The van der Waals surface area contributed by atoms with Gasteiger partial charge in [-0.3, -0.25) is 0 Å². The van der Waals surface area contributed by atoms with Crippen molar-refractivity contribution in [3.05, 3.63) is 15.1 Å². The Balaban J connectivity index is 2.28. The van der Waals surface area contributed by atoms with Gasteiger partial charge in [-0.25, -0.2) is 9.97 Å². The van der Waals surface area contributed by atoms with Crippen LogP contribution in [0.2, 0.25) is 0 Å². The van der Waals surface area contributed by atoms with E-state index in [9.17, 15) is 0 Å². The van der Waals surface area contributed by atoms with Gasteiger partial charge in [0.2, 0.25) is 0 Å². The topological polar surface area (TPSA) is 47.0 Å². The molecule has 1 saturated carbocycles. The minimum absolute atomic E-state index is 0.541. The minimum Gasteiger partial charge on any atom is -0.378 e. The van der Waals surface area contributed by atoms with Crippen LogP contribution in [0.3, 0.4) is 0 Å². The predicted molar refractivity (Wildman–Crippen MR) is 80.8 cm³/mol. The average molecular weight is 361 g/mol. The Bertz CT molecular complexity index is 425. The van der Waals surface area contributed by atoms with Crippen LogP contribution in [0.25, 0.3) is 0 Å². The standard InChI is InChI=1S/C13H20IN3O/c1-4-5-15-13-11(14)10(7-18-3)16-12(17-13)9-6-8(9)2/h8-9H,4-7H2,1-3H3,(H,15,16,17). The molecule has 4 nitrogen and oxygen atoms in total. The van der Waals surface area contributed by atoms with E-state index in [2.05, 4.69) is 51.7 Å². The lowest BCUT2D eigenvalue weighted by Crippen LogP contribution is -2.11. The molecule has 0 amide bonds. The molecule has 1 aliphatic rings. The summed E-state index contributed by atoms with van der Waals surface area (Å²) in [5.41, 5.74) is 1.00. The van der Waals surface area contributed by atoms with E-state index in [-0.39, 0.29) is 0 Å². The molecule has 5 heteroatoms. The fourth-order valence-corrected chi connectivity index (χ4v) is 2.54. The summed E-state index contributed by atoms with van der Waals surface area (Å²) in [6.45, 7) is 5.90. The summed E-state index contributed by atoms with van der Waals surface area (Å²) < 4.78 is 6.31. The highest BCUT2D eigenvalue weighted by Gasteiger charge is 2.37. The molecule has 100 valence electrons. The number of rotatable bonds is 6. The second kappa shape index (κ2) is 6.14. The predicted octanol–water partition coefficient (Wildman–Crippen LogP) is 3.17. The van der Waals surface area contributed by atoms with Crippen LogP contribution in [0.5, 0.6) is 0 Å². The number of halogens is 1. The average Bonchev–Trinajstić information content (AvgIpc) is 3.08. The van der Waals surface area contributed by atoms with Crippen LogP contribution < -0.4 is 5.32 Å². The molecule has 1 aromatic heterocycles. The molecule has 2 rings (SSSR count). The first-order valence-corrected chi connectivity index (χ1v) is 7.54. The second-order valence-corrected chi connectivity index (χ2v) is 5.95. The number of ether oxygens (including phenoxy) is 1. The molecule has 0 aromatic carbocycles. The van der Waals surface area contributed by atoms with Gasteiger partial charge < -0.3 is 10.1 Å². The van der Waals surface area contributed by atoms with Crippen molar-refractivity contribution in [3.8, 4) is 0 Å². The largest absolute Gasteiger partial charge is 0.378 e. The zero-order valence-corrected chi connectivity index (χ0v) is 13.3. The first kappa shape index (κ1) is 14.0. The fourth-order valence-electron chi connectivity index (χ4n) is 1.95. The normalized spacial score (nSPS) is 22.0. The molecule has 0 saturated heterocycles. The van der Waals surface area contributed by atoms with Crippen LogP contribution in [0, 0.1) is 9.49 Å². The van der Waals surface area contributed by atoms with E-state index in [1.54, 1.807) is 7.11 Å². The Morgan fingerprint density at radius 3 is 2.72 bits per heavy atom. The summed E-state index contributed by atoms with van der Waals surface area (Å²) >= 11 is 2.30. The van der Waals surface area contributed by atoms with Gasteiger partial charge in [-0.05, 0) is 41.4 Å². The number of anilines is 1. The van der Waals surface area contributed by atoms with E-state index < -0.39 is 0 Å². The number of nitrogens with zero attached hydrogens (tertiary/aromatic N) is 2. The van der Waals surface area contributed by atoms with Gasteiger partial charge in [0.05, 0.1) is 15.9 Å². The maximum Gasteiger partial charge on any atom is 0.143 e. The number of nitrogens with one attached hydrogen (secondary N) is 1. The summed E-state index contributed by atoms with van der Waals surface area (Å²) in [6.07, 6.45) is 2.30. The number of methoxy groups -OCH3 is 1. The monoisotopic (exact) mass is 361 g/mol. The van der Waals surface area contributed by atoms with E-state index in [1.165, 1.54) is 6.42 Å². The van der Waals surface area contributed by atoms with Crippen molar-refractivity contribution in [2.75, 3.05) is 19.0 Å². The third kappa shape index (κ3) is 3.12. The molecular formula is C13H20IN3O. The Morgan fingerprint density at radius 2 is 2.17 bits per heavy atom. The zero-order chi connectivity index (χ0) is 13.1. The lowest BCUT2D eigenvalue weighted by atomic mass is 10.3. The van der Waals surface area contributed by atoms with Gasteiger partial charge in [-0.2, -0.15) is 0 Å². The maximum atomic E-state index is 5.23. The summed E-state index contributed by atoms with van der Waals surface area (Å²) in [4.78, 5) is 9.34. The Labute approximate surface area is 122 Å². The van der Waals surface area contributed by atoms with Crippen molar-refractivity contribution in [1.82, 2.24) is 9.97 Å². The van der Waals surface area contributed by atoms with Gasteiger partial charge >= 0.3 is 0 Å². The SMILES string of the molecule is CCCNc1nc(C2CC2C)nc(COC)c1I. The Kier molecular flexibility index (Phi) is 4.77. The molecular weight excluding hydrogens is 341 g/mol. The van der Waals surface area contributed by atoms with Crippen molar-refractivity contribution in [2.45, 2.75) is 39.2 Å². The fraction of sp³-hybridized carbons (Fsp3) is 0.692. The molecule has 1 aliphatic carbocycles. The molecule has 0 aliphatic heterocycles. The third-order valence-corrected chi connectivity index (χ3v) is 4.34. The second-order valence-electron chi connectivity index (χ2n) is 4.87. The number of hydrogen-bond donors (Lipinski definition) is 1. The van der Waals surface area contributed by atoms with Crippen LogP contribution in [0.15, 0.2) is 0 Å². The van der Waals surface area contributed by atoms with Gasteiger partial charge in [0, 0.05) is 19.6 Å². The van der Waals surface area contributed by atoms with Gasteiger partial charge in [-0.15, -0.1) is 0 Å². The quantitative estimate of drug-likeness (QED) is 0.791. The molecule has 2 unspecified atom stereocenters. The maximum absolute atomic E-state index is 5.23. The van der Waals surface area contributed by atoms with Gasteiger partial charge in [-0.1, -0.05) is 13.8 Å². The Morgan fingerprint density at radius 1 is 1.44 bits per heavy atom. The highest BCUT2D eigenvalue weighted by atomic mass is 127. The summed E-state index contributed by atoms with van der Waals surface area (Å²) in [6, 6.07) is 0.